The zero-order valence-corrected chi connectivity index (χ0v) is 14.2. The maximum atomic E-state index is 12.8. The Morgan fingerprint density at radius 3 is 2.46 bits per heavy atom. The van der Waals surface area contributed by atoms with Gasteiger partial charge in [0.1, 0.15) is 6.54 Å². The Morgan fingerprint density at radius 2 is 1.96 bits per heavy atom. The van der Waals surface area contributed by atoms with Crippen LogP contribution < -0.4 is 0 Å². The van der Waals surface area contributed by atoms with E-state index in [9.17, 15) is 27.6 Å². The molecule has 0 N–H and O–H groups in total. The molecule has 2 aliphatic rings. The van der Waals surface area contributed by atoms with Crippen molar-refractivity contribution in [3.63, 3.8) is 0 Å². The molecule has 5 nitrogen and oxygen atoms in total. The van der Waals surface area contributed by atoms with E-state index in [0.717, 1.165) is 9.80 Å². The number of amides is 3. The molecule has 0 aromatic carbocycles. The maximum Gasteiger partial charge on any atom is 0.393 e. The van der Waals surface area contributed by atoms with E-state index in [4.69, 9.17) is 0 Å². The van der Waals surface area contributed by atoms with Gasteiger partial charge in [-0.1, -0.05) is 13.8 Å². The number of carbonyl (C=O) groups is 3. The summed E-state index contributed by atoms with van der Waals surface area (Å²) in [6, 6.07) is 0. The molecule has 2 fully saturated rings. The summed E-state index contributed by atoms with van der Waals surface area (Å²) in [6.45, 7) is 4.70. The highest BCUT2D eigenvalue weighted by molar-refractivity contribution is 6.07. The van der Waals surface area contributed by atoms with E-state index in [-0.39, 0.29) is 31.7 Å². The summed E-state index contributed by atoms with van der Waals surface area (Å²) in [6.07, 6.45) is -4.04. The fourth-order valence-corrected chi connectivity index (χ4v) is 3.22. The van der Waals surface area contributed by atoms with Crippen molar-refractivity contribution in [2.75, 3.05) is 19.6 Å². The van der Waals surface area contributed by atoms with Crippen LogP contribution in [0.1, 0.15) is 40.0 Å². The predicted octanol–water partition coefficient (Wildman–Crippen LogP) is 2.21. The zero-order chi connectivity index (χ0) is 18.3. The van der Waals surface area contributed by atoms with Crippen molar-refractivity contribution in [3.05, 3.63) is 0 Å². The molecule has 3 amide bonds. The van der Waals surface area contributed by atoms with Crippen LogP contribution >= 0.6 is 0 Å². The first-order valence-electron chi connectivity index (χ1n) is 8.16. The van der Waals surface area contributed by atoms with Crippen LogP contribution in [0.2, 0.25) is 0 Å². The van der Waals surface area contributed by atoms with Gasteiger partial charge in [0.2, 0.25) is 17.7 Å². The molecule has 8 heteroatoms. The van der Waals surface area contributed by atoms with Gasteiger partial charge in [-0.3, -0.25) is 19.3 Å². The van der Waals surface area contributed by atoms with Gasteiger partial charge in [0.25, 0.3) is 0 Å². The van der Waals surface area contributed by atoms with E-state index >= 15 is 0 Å². The van der Waals surface area contributed by atoms with Crippen LogP contribution in [-0.2, 0) is 14.4 Å². The standard InChI is InChI=1S/C16H23F3N2O3/c1-10(2)15(3)7-12(22)21(14(15)24)9-13(23)20-6-4-5-11(8-20)16(17,18)19/h10-11H,4-9H2,1-3H3. The Kier molecular flexibility index (Phi) is 4.97. The van der Waals surface area contributed by atoms with Crippen molar-refractivity contribution in [2.24, 2.45) is 17.3 Å². The summed E-state index contributed by atoms with van der Waals surface area (Å²) in [4.78, 5) is 38.9. The van der Waals surface area contributed by atoms with Gasteiger partial charge in [0.05, 0.1) is 11.3 Å². The van der Waals surface area contributed by atoms with Gasteiger partial charge in [0.15, 0.2) is 0 Å². The van der Waals surface area contributed by atoms with Crippen molar-refractivity contribution in [1.82, 2.24) is 9.80 Å². The number of rotatable bonds is 3. The number of carbonyl (C=O) groups excluding carboxylic acids is 3. The SMILES string of the molecule is CC(C)C1(C)CC(=O)N(CC(=O)N2CCCC(C(F)(F)F)C2)C1=O. The molecule has 2 rings (SSSR count). The van der Waals surface area contributed by atoms with Gasteiger partial charge in [0, 0.05) is 19.5 Å². The van der Waals surface area contributed by atoms with E-state index in [1.165, 1.54) is 0 Å². The predicted molar refractivity (Wildman–Crippen MR) is 79.6 cm³/mol. The molecule has 2 atom stereocenters. The average Bonchev–Trinajstić information content (AvgIpc) is 2.71. The molecule has 0 saturated carbocycles. The quantitative estimate of drug-likeness (QED) is 0.735. The Labute approximate surface area is 139 Å². The Hall–Kier alpha value is -1.60. The van der Waals surface area contributed by atoms with E-state index in [1.807, 2.05) is 13.8 Å². The maximum absolute atomic E-state index is 12.8. The molecule has 136 valence electrons. The number of imide groups is 1. The third kappa shape index (κ3) is 3.42. The van der Waals surface area contributed by atoms with Crippen molar-refractivity contribution >= 4 is 17.7 Å². The number of halogens is 3. The fraction of sp³-hybridized carbons (Fsp3) is 0.812. The van der Waals surface area contributed by atoms with E-state index < -0.39 is 48.3 Å². The number of hydrogen-bond acceptors (Lipinski definition) is 3. The second kappa shape index (κ2) is 6.37. The minimum Gasteiger partial charge on any atom is -0.341 e. The number of hydrogen-bond donors (Lipinski definition) is 0. The Morgan fingerprint density at radius 1 is 1.33 bits per heavy atom. The van der Waals surface area contributed by atoms with Crippen LogP contribution in [-0.4, -0.2) is 53.3 Å². The summed E-state index contributed by atoms with van der Waals surface area (Å²) < 4.78 is 38.5. The lowest BCUT2D eigenvalue weighted by atomic mass is 9.78. The van der Waals surface area contributed by atoms with Crippen LogP contribution in [0.4, 0.5) is 13.2 Å². The van der Waals surface area contributed by atoms with Crippen molar-refractivity contribution in [2.45, 2.75) is 46.2 Å². The molecular weight excluding hydrogens is 325 g/mol. The zero-order valence-electron chi connectivity index (χ0n) is 14.2. The number of piperidine rings is 1. The van der Waals surface area contributed by atoms with E-state index in [2.05, 4.69) is 0 Å². The van der Waals surface area contributed by atoms with Crippen LogP contribution in [0.5, 0.6) is 0 Å². The summed E-state index contributed by atoms with van der Waals surface area (Å²) in [5.41, 5.74) is -0.853. The van der Waals surface area contributed by atoms with Crippen molar-refractivity contribution in [1.29, 1.82) is 0 Å². The van der Waals surface area contributed by atoms with Gasteiger partial charge in [-0.25, -0.2) is 0 Å². The largest absolute Gasteiger partial charge is 0.393 e. The lowest BCUT2D eigenvalue weighted by Gasteiger charge is -2.34. The first-order valence-corrected chi connectivity index (χ1v) is 8.16. The minimum atomic E-state index is -4.34. The molecule has 0 aromatic rings. The van der Waals surface area contributed by atoms with Crippen molar-refractivity contribution in [3.8, 4) is 0 Å². The third-order valence-corrected chi connectivity index (χ3v) is 5.36. The third-order valence-electron chi connectivity index (χ3n) is 5.36. The van der Waals surface area contributed by atoms with Gasteiger partial charge < -0.3 is 4.90 Å². The Balaban J connectivity index is 2.04. The molecule has 2 heterocycles. The molecule has 0 aromatic heterocycles. The van der Waals surface area contributed by atoms with Crippen LogP contribution in [0.25, 0.3) is 0 Å². The summed E-state index contributed by atoms with van der Waals surface area (Å²) in [5, 5.41) is 0. The Bertz CT molecular complexity index is 547. The number of alkyl halides is 3. The summed E-state index contributed by atoms with van der Waals surface area (Å²) >= 11 is 0. The average molecular weight is 348 g/mol. The fourth-order valence-electron chi connectivity index (χ4n) is 3.22. The highest BCUT2D eigenvalue weighted by Crippen LogP contribution is 2.39. The van der Waals surface area contributed by atoms with Gasteiger partial charge in [-0.2, -0.15) is 13.2 Å². The smallest absolute Gasteiger partial charge is 0.341 e. The molecular formula is C16H23F3N2O3. The molecule has 0 aliphatic carbocycles. The minimum absolute atomic E-state index is 0.000274. The second-order valence-corrected chi connectivity index (χ2v) is 7.25. The highest BCUT2D eigenvalue weighted by atomic mass is 19.4. The molecule has 0 spiro atoms. The monoisotopic (exact) mass is 348 g/mol. The van der Waals surface area contributed by atoms with E-state index in [1.54, 1.807) is 6.92 Å². The second-order valence-electron chi connectivity index (χ2n) is 7.25. The normalized spacial score (nSPS) is 28.9. The lowest BCUT2D eigenvalue weighted by molar-refractivity contribution is -0.188. The number of likely N-dealkylation sites (tertiary alicyclic amines) is 2. The van der Waals surface area contributed by atoms with E-state index in [0.29, 0.717) is 0 Å². The summed E-state index contributed by atoms with van der Waals surface area (Å²) in [7, 11) is 0. The van der Waals surface area contributed by atoms with Gasteiger partial charge in [-0.05, 0) is 25.7 Å². The molecule has 0 bridgehead atoms. The summed E-state index contributed by atoms with van der Waals surface area (Å²) in [5.74, 6) is -3.06. The first kappa shape index (κ1) is 18.7. The first-order chi connectivity index (χ1) is 11.0. The topological polar surface area (TPSA) is 57.7 Å². The molecule has 24 heavy (non-hydrogen) atoms. The van der Waals surface area contributed by atoms with Crippen LogP contribution in [0.15, 0.2) is 0 Å². The molecule has 2 unspecified atom stereocenters. The van der Waals surface area contributed by atoms with Gasteiger partial charge in [-0.15, -0.1) is 0 Å². The molecule has 0 radical (unpaired) electrons. The molecule has 2 aliphatic heterocycles. The molecule has 2 saturated heterocycles. The van der Waals surface area contributed by atoms with Crippen LogP contribution in [0.3, 0.4) is 0 Å². The number of nitrogens with zero attached hydrogens (tertiary/aromatic N) is 2. The van der Waals surface area contributed by atoms with Crippen molar-refractivity contribution < 1.29 is 27.6 Å². The highest BCUT2D eigenvalue weighted by Gasteiger charge is 2.51. The van der Waals surface area contributed by atoms with Gasteiger partial charge >= 0.3 is 6.18 Å². The lowest BCUT2D eigenvalue weighted by Crippen LogP contribution is -2.49. The van der Waals surface area contributed by atoms with Crippen LogP contribution in [0, 0.1) is 17.3 Å².